The van der Waals surface area contributed by atoms with Gasteiger partial charge < -0.3 is 25.2 Å². The van der Waals surface area contributed by atoms with Gasteiger partial charge in [-0.05, 0) is 33.5 Å². The average molecular weight is 344 g/mol. The Kier molecular flexibility index (Phi) is 14.0. The van der Waals surface area contributed by atoms with E-state index in [1.165, 1.54) is 12.8 Å². The van der Waals surface area contributed by atoms with Gasteiger partial charge in [-0.1, -0.05) is 26.7 Å². The van der Waals surface area contributed by atoms with Gasteiger partial charge >= 0.3 is 0 Å². The number of likely N-dealkylation sites (N-methyl/N-ethyl adjacent to an activating group) is 2. The lowest BCUT2D eigenvalue weighted by molar-refractivity contribution is 0.180. The Labute approximate surface area is 150 Å². The molecule has 6 nitrogen and oxygen atoms in total. The molecule has 0 amide bonds. The molecule has 24 heavy (non-hydrogen) atoms. The van der Waals surface area contributed by atoms with Crippen molar-refractivity contribution >= 4 is 5.96 Å². The molecule has 0 saturated carbocycles. The lowest BCUT2D eigenvalue weighted by Crippen LogP contribution is -2.48. The van der Waals surface area contributed by atoms with Gasteiger partial charge in [0.05, 0.1) is 0 Å². The topological polar surface area (TPSA) is 52.1 Å². The fraction of sp³-hybridized carbons (Fsp3) is 0.944. The number of aliphatic imine (C=N–C) groups is 1. The maximum Gasteiger partial charge on any atom is 0.191 e. The summed E-state index contributed by atoms with van der Waals surface area (Å²) < 4.78 is 5.09. The molecule has 0 aliphatic rings. The zero-order valence-corrected chi connectivity index (χ0v) is 17.1. The van der Waals surface area contributed by atoms with Crippen molar-refractivity contribution in [3.63, 3.8) is 0 Å². The molecule has 144 valence electrons. The van der Waals surface area contributed by atoms with Crippen molar-refractivity contribution in [1.82, 2.24) is 20.4 Å². The summed E-state index contributed by atoms with van der Waals surface area (Å²) in [6.07, 6.45) is 3.48. The molecule has 0 bridgehead atoms. The largest absolute Gasteiger partial charge is 0.385 e. The van der Waals surface area contributed by atoms with Gasteiger partial charge in [0.25, 0.3) is 0 Å². The molecule has 1 atom stereocenters. The molecule has 0 spiro atoms. The number of guanidine groups is 1. The molecular weight excluding hydrogens is 302 g/mol. The summed E-state index contributed by atoms with van der Waals surface area (Å²) in [5, 5.41) is 6.89. The van der Waals surface area contributed by atoms with Crippen LogP contribution in [0.5, 0.6) is 0 Å². The van der Waals surface area contributed by atoms with Crippen molar-refractivity contribution < 1.29 is 4.74 Å². The van der Waals surface area contributed by atoms with Gasteiger partial charge in [0.15, 0.2) is 5.96 Å². The maximum absolute atomic E-state index is 5.09. The lowest BCUT2D eigenvalue weighted by Gasteiger charge is -2.32. The van der Waals surface area contributed by atoms with Gasteiger partial charge in [0, 0.05) is 53.0 Å². The van der Waals surface area contributed by atoms with Gasteiger partial charge in [-0.25, -0.2) is 0 Å². The van der Waals surface area contributed by atoms with Gasteiger partial charge in [-0.15, -0.1) is 0 Å². The fourth-order valence-electron chi connectivity index (χ4n) is 2.98. The highest BCUT2D eigenvalue weighted by molar-refractivity contribution is 5.79. The minimum atomic E-state index is 0.523. The summed E-state index contributed by atoms with van der Waals surface area (Å²) >= 11 is 0. The summed E-state index contributed by atoms with van der Waals surface area (Å²) in [5.74, 6) is 1.59. The first-order valence-corrected chi connectivity index (χ1v) is 9.28. The summed E-state index contributed by atoms with van der Waals surface area (Å²) in [6, 6.07) is 0.523. The molecule has 0 aromatic rings. The van der Waals surface area contributed by atoms with Crippen molar-refractivity contribution in [2.75, 3.05) is 68.1 Å². The van der Waals surface area contributed by atoms with Gasteiger partial charge in [-0.3, -0.25) is 4.99 Å². The third-order valence-electron chi connectivity index (χ3n) is 4.63. The predicted octanol–water partition coefficient (Wildman–Crippen LogP) is 1.49. The monoisotopic (exact) mass is 343 g/mol. The average Bonchev–Trinajstić information content (AvgIpc) is 2.56. The number of methoxy groups -OCH3 is 1. The van der Waals surface area contributed by atoms with Gasteiger partial charge in [0.1, 0.15) is 0 Å². The van der Waals surface area contributed by atoms with E-state index < -0.39 is 0 Å². The zero-order valence-electron chi connectivity index (χ0n) is 17.1. The normalized spacial score (nSPS) is 13.8. The minimum Gasteiger partial charge on any atom is -0.385 e. The lowest BCUT2D eigenvalue weighted by atomic mass is 9.93. The van der Waals surface area contributed by atoms with Crippen LogP contribution >= 0.6 is 0 Å². The highest BCUT2D eigenvalue weighted by atomic mass is 16.5. The van der Waals surface area contributed by atoms with E-state index in [1.54, 1.807) is 7.11 Å². The summed E-state index contributed by atoms with van der Waals surface area (Å²) in [4.78, 5) is 8.97. The predicted molar refractivity (Wildman–Crippen MR) is 105 cm³/mol. The second-order valence-corrected chi connectivity index (χ2v) is 6.64. The number of hydrogen-bond acceptors (Lipinski definition) is 4. The second-order valence-electron chi connectivity index (χ2n) is 6.64. The van der Waals surface area contributed by atoms with Crippen LogP contribution in [0.4, 0.5) is 0 Å². The standard InChI is InChI=1S/C18H41N5O/c1-8-16(9-2)17(22(4)5)15-21-18(19-3)20-11-13-23(6)12-10-14-24-7/h16-17H,8-15H2,1-7H3,(H2,19,20,21). The first kappa shape index (κ1) is 23.1. The quantitative estimate of drug-likeness (QED) is 0.301. The Morgan fingerprint density at radius 3 is 2.25 bits per heavy atom. The molecule has 0 radical (unpaired) electrons. The van der Waals surface area contributed by atoms with E-state index in [0.29, 0.717) is 12.0 Å². The number of nitrogens with one attached hydrogen (secondary N) is 2. The van der Waals surface area contributed by atoms with Crippen molar-refractivity contribution in [2.45, 2.75) is 39.2 Å². The van der Waals surface area contributed by atoms with Crippen LogP contribution in [0.2, 0.25) is 0 Å². The molecule has 6 heteroatoms. The number of rotatable bonds is 13. The minimum absolute atomic E-state index is 0.523. The third kappa shape index (κ3) is 10.1. The van der Waals surface area contributed by atoms with Crippen molar-refractivity contribution in [2.24, 2.45) is 10.9 Å². The van der Waals surface area contributed by atoms with Crippen molar-refractivity contribution in [3.05, 3.63) is 0 Å². The molecule has 0 saturated heterocycles. The van der Waals surface area contributed by atoms with Crippen LogP contribution in [-0.2, 0) is 4.74 Å². The second kappa shape index (κ2) is 14.5. The van der Waals surface area contributed by atoms with Gasteiger partial charge in [0.2, 0.25) is 0 Å². The Morgan fingerprint density at radius 1 is 1.08 bits per heavy atom. The molecule has 2 N–H and O–H groups in total. The van der Waals surface area contributed by atoms with E-state index in [4.69, 9.17) is 4.74 Å². The fourth-order valence-corrected chi connectivity index (χ4v) is 2.98. The van der Waals surface area contributed by atoms with Crippen LogP contribution in [-0.4, -0.2) is 89.9 Å². The molecule has 0 aliphatic carbocycles. The van der Waals surface area contributed by atoms with Crippen molar-refractivity contribution in [3.8, 4) is 0 Å². The summed E-state index contributed by atoms with van der Waals surface area (Å²) in [5.41, 5.74) is 0. The van der Waals surface area contributed by atoms with E-state index in [9.17, 15) is 0 Å². The molecule has 0 aromatic carbocycles. The highest BCUT2D eigenvalue weighted by Gasteiger charge is 2.20. The van der Waals surface area contributed by atoms with Crippen LogP contribution in [0.3, 0.4) is 0 Å². The van der Waals surface area contributed by atoms with Crippen LogP contribution in [0.15, 0.2) is 4.99 Å². The highest BCUT2D eigenvalue weighted by Crippen LogP contribution is 2.16. The molecule has 0 aromatic heterocycles. The Hall–Kier alpha value is -0.850. The SMILES string of the molecule is CCC(CC)C(CNC(=NC)NCCN(C)CCCOC)N(C)C. The molecule has 0 rings (SSSR count). The number of hydrogen-bond donors (Lipinski definition) is 2. The van der Waals surface area contributed by atoms with E-state index in [0.717, 1.165) is 45.2 Å². The summed E-state index contributed by atoms with van der Waals surface area (Å²) in [7, 11) is 10.0. The molecular formula is C18H41N5O. The van der Waals surface area contributed by atoms with Gasteiger partial charge in [-0.2, -0.15) is 0 Å². The maximum atomic E-state index is 5.09. The van der Waals surface area contributed by atoms with Crippen LogP contribution in [0.25, 0.3) is 0 Å². The van der Waals surface area contributed by atoms with E-state index in [-0.39, 0.29) is 0 Å². The van der Waals surface area contributed by atoms with E-state index >= 15 is 0 Å². The Morgan fingerprint density at radius 2 is 1.75 bits per heavy atom. The van der Waals surface area contributed by atoms with Crippen LogP contribution in [0.1, 0.15) is 33.1 Å². The molecule has 0 aliphatic heterocycles. The smallest absolute Gasteiger partial charge is 0.191 e. The number of ether oxygens (including phenoxy) is 1. The van der Waals surface area contributed by atoms with E-state index in [1.807, 2.05) is 7.05 Å². The Bertz CT molecular complexity index is 319. The van der Waals surface area contributed by atoms with E-state index in [2.05, 4.69) is 60.4 Å². The van der Waals surface area contributed by atoms with Crippen molar-refractivity contribution in [1.29, 1.82) is 0 Å². The summed E-state index contributed by atoms with van der Waals surface area (Å²) in [6.45, 7) is 9.23. The zero-order chi connectivity index (χ0) is 18.4. The van der Waals surface area contributed by atoms with Crippen LogP contribution in [0, 0.1) is 5.92 Å². The molecule has 0 fully saturated rings. The Balaban J connectivity index is 4.17. The first-order chi connectivity index (χ1) is 11.5. The molecule has 1 unspecified atom stereocenters. The molecule has 0 heterocycles. The third-order valence-corrected chi connectivity index (χ3v) is 4.63. The first-order valence-electron chi connectivity index (χ1n) is 9.28. The van der Waals surface area contributed by atoms with Crippen LogP contribution < -0.4 is 10.6 Å². The number of nitrogens with zero attached hydrogens (tertiary/aromatic N) is 3.